The molecule has 2 rings (SSSR count). The Kier molecular flexibility index (Phi) is 3.01. The first-order valence-electron chi connectivity index (χ1n) is 5.91. The number of nitrogens with two attached hydrogens (primary N) is 1. The maximum Gasteiger partial charge on any atom is 0.0487 e. The van der Waals surface area contributed by atoms with Crippen LogP contribution in [0.5, 0.6) is 0 Å². The lowest BCUT2D eigenvalue weighted by atomic mass is 10.1. The number of benzene rings is 1. The van der Waals surface area contributed by atoms with Gasteiger partial charge in [-0.3, -0.25) is 0 Å². The average Bonchev–Trinajstić information content (AvgIpc) is 2.50. The van der Waals surface area contributed by atoms with E-state index < -0.39 is 0 Å². The molecular weight excluding hydrogens is 196 g/mol. The quantitative estimate of drug-likeness (QED) is 0.840. The van der Waals surface area contributed by atoms with Crippen molar-refractivity contribution in [1.82, 2.24) is 4.57 Å². The van der Waals surface area contributed by atoms with E-state index in [1.165, 1.54) is 27.7 Å². The molecule has 2 heteroatoms. The van der Waals surface area contributed by atoms with Gasteiger partial charge < -0.3 is 10.3 Å². The van der Waals surface area contributed by atoms with E-state index in [4.69, 9.17) is 5.73 Å². The van der Waals surface area contributed by atoms with Crippen molar-refractivity contribution in [3.8, 4) is 0 Å². The molecule has 0 amide bonds. The number of fused-ring (bicyclic) bond motifs is 1. The molecule has 2 N–H and O–H groups in total. The van der Waals surface area contributed by atoms with Crippen molar-refractivity contribution in [1.29, 1.82) is 0 Å². The van der Waals surface area contributed by atoms with Gasteiger partial charge in [0.05, 0.1) is 0 Å². The third-order valence-corrected chi connectivity index (χ3v) is 3.38. The van der Waals surface area contributed by atoms with Crippen molar-refractivity contribution in [2.45, 2.75) is 33.7 Å². The predicted octanol–water partition coefficient (Wildman–Crippen LogP) is 2.92. The van der Waals surface area contributed by atoms with Crippen LogP contribution in [0.1, 0.15) is 23.2 Å². The molecule has 0 aliphatic heterocycles. The maximum absolute atomic E-state index is 5.59. The molecule has 1 heterocycles. The summed E-state index contributed by atoms with van der Waals surface area (Å²) in [5, 5.41) is 1.38. The molecule has 0 aliphatic carbocycles. The first kappa shape index (κ1) is 11.2. The van der Waals surface area contributed by atoms with E-state index in [9.17, 15) is 0 Å². The Bertz CT molecular complexity index is 509. The van der Waals surface area contributed by atoms with Gasteiger partial charge in [-0.2, -0.15) is 0 Å². The fraction of sp³-hybridized carbons (Fsp3) is 0.429. The molecule has 2 nitrogen and oxygen atoms in total. The number of nitrogens with zero attached hydrogens (tertiary/aromatic N) is 1. The minimum Gasteiger partial charge on any atom is -0.345 e. The van der Waals surface area contributed by atoms with E-state index in [2.05, 4.69) is 43.5 Å². The minimum absolute atomic E-state index is 0.754. The summed E-state index contributed by atoms with van der Waals surface area (Å²) in [4.78, 5) is 0. The highest BCUT2D eigenvalue weighted by Gasteiger charge is 2.09. The second kappa shape index (κ2) is 4.30. The molecule has 0 saturated carbocycles. The molecule has 0 fully saturated rings. The van der Waals surface area contributed by atoms with E-state index in [-0.39, 0.29) is 0 Å². The summed E-state index contributed by atoms with van der Waals surface area (Å²) < 4.78 is 2.39. The van der Waals surface area contributed by atoms with E-state index in [1.54, 1.807) is 0 Å². The molecule has 0 unspecified atom stereocenters. The SMILES string of the molecule is Cc1ccc2c(C)c(C)n(CCCN)c2c1. The fourth-order valence-electron chi connectivity index (χ4n) is 2.30. The van der Waals surface area contributed by atoms with Gasteiger partial charge in [0.15, 0.2) is 0 Å². The molecule has 0 bridgehead atoms. The Morgan fingerprint density at radius 2 is 1.94 bits per heavy atom. The van der Waals surface area contributed by atoms with Gasteiger partial charge in [0.25, 0.3) is 0 Å². The second-order valence-electron chi connectivity index (χ2n) is 4.52. The lowest BCUT2D eigenvalue weighted by Crippen LogP contribution is -2.06. The van der Waals surface area contributed by atoms with Gasteiger partial charge in [0, 0.05) is 23.1 Å². The molecule has 2 aromatic rings. The van der Waals surface area contributed by atoms with Crippen molar-refractivity contribution in [2.75, 3.05) is 6.54 Å². The Balaban J connectivity index is 2.61. The van der Waals surface area contributed by atoms with Crippen LogP contribution in [-0.4, -0.2) is 11.1 Å². The summed E-state index contributed by atoms with van der Waals surface area (Å²) in [5.74, 6) is 0. The molecule has 0 saturated heterocycles. The molecule has 0 atom stereocenters. The van der Waals surface area contributed by atoms with E-state index in [0.717, 1.165) is 19.5 Å². The number of hydrogen-bond donors (Lipinski definition) is 1. The summed E-state index contributed by atoms with van der Waals surface area (Å²) in [5.41, 5.74) is 11.0. The highest BCUT2D eigenvalue weighted by molar-refractivity contribution is 5.85. The lowest BCUT2D eigenvalue weighted by Gasteiger charge is -2.07. The Morgan fingerprint density at radius 1 is 1.19 bits per heavy atom. The molecular formula is C14H20N2. The molecule has 0 spiro atoms. The van der Waals surface area contributed by atoms with Crippen molar-refractivity contribution < 1.29 is 0 Å². The Labute approximate surface area is 97.1 Å². The lowest BCUT2D eigenvalue weighted by molar-refractivity contribution is 0.655. The normalized spacial score (nSPS) is 11.2. The summed E-state index contributed by atoms with van der Waals surface area (Å²) >= 11 is 0. The van der Waals surface area contributed by atoms with Crippen LogP contribution in [0, 0.1) is 20.8 Å². The van der Waals surface area contributed by atoms with Crippen LogP contribution in [0.25, 0.3) is 10.9 Å². The molecule has 1 aromatic heterocycles. The van der Waals surface area contributed by atoms with Gasteiger partial charge in [-0.1, -0.05) is 12.1 Å². The zero-order valence-corrected chi connectivity index (χ0v) is 10.4. The van der Waals surface area contributed by atoms with Crippen LogP contribution in [0.15, 0.2) is 18.2 Å². The summed E-state index contributed by atoms with van der Waals surface area (Å²) in [6.45, 7) is 8.32. The monoisotopic (exact) mass is 216 g/mol. The summed E-state index contributed by atoms with van der Waals surface area (Å²) in [6.07, 6.45) is 1.04. The first-order chi connectivity index (χ1) is 7.65. The molecule has 0 aliphatic rings. The summed E-state index contributed by atoms with van der Waals surface area (Å²) in [6, 6.07) is 6.68. The van der Waals surface area contributed by atoms with Crippen molar-refractivity contribution in [3.05, 3.63) is 35.0 Å². The van der Waals surface area contributed by atoms with Crippen LogP contribution in [0.3, 0.4) is 0 Å². The highest BCUT2D eigenvalue weighted by atomic mass is 15.0. The van der Waals surface area contributed by atoms with Gasteiger partial charge in [-0.15, -0.1) is 0 Å². The second-order valence-corrected chi connectivity index (χ2v) is 4.52. The zero-order valence-electron chi connectivity index (χ0n) is 10.4. The van der Waals surface area contributed by atoms with Crippen LogP contribution < -0.4 is 5.73 Å². The molecule has 16 heavy (non-hydrogen) atoms. The minimum atomic E-state index is 0.754. The highest BCUT2D eigenvalue weighted by Crippen LogP contribution is 2.26. The van der Waals surface area contributed by atoms with Crippen LogP contribution in [0.2, 0.25) is 0 Å². The third-order valence-electron chi connectivity index (χ3n) is 3.38. The molecule has 0 radical (unpaired) electrons. The van der Waals surface area contributed by atoms with E-state index in [0.29, 0.717) is 0 Å². The fourth-order valence-corrected chi connectivity index (χ4v) is 2.30. The van der Waals surface area contributed by atoms with Crippen LogP contribution >= 0.6 is 0 Å². The van der Waals surface area contributed by atoms with Crippen molar-refractivity contribution in [2.24, 2.45) is 5.73 Å². The van der Waals surface area contributed by atoms with E-state index in [1.807, 2.05) is 0 Å². The number of aromatic nitrogens is 1. The first-order valence-corrected chi connectivity index (χ1v) is 5.91. The average molecular weight is 216 g/mol. The van der Waals surface area contributed by atoms with Gasteiger partial charge >= 0.3 is 0 Å². The topological polar surface area (TPSA) is 30.9 Å². The van der Waals surface area contributed by atoms with Crippen LogP contribution in [-0.2, 0) is 6.54 Å². The van der Waals surface area contributed by atoms with Crippen molar-refractivity contribution in [3.63, 3.8) is 0 Å². The maximum atomic E-state index is 5.59. The largest absolute Gasteiger partial charge is 0.345 e. The predicted molar refractivity (Wildman–Crippen MR) is 69.8 cm³/mol. The summed E-state index contributed by atoms with van der Waals surface area (Å²) in [7, 11) is 0. The van der Waals surface area contributed by atoms with E-state index >= 15 is 0 Å². The molecule has 1 aromatic carbocycles. The zero-order chi connectivity index (χ0) is 11.7. The number of rotatable bonds is 3. The Morgan fingerprint density at radius 3 is 2.62 bits per heavy atom. The number of hydrogen-bond acceptors (Lipinski definition) is 1. The Hall–Kier alpha value is -1.28. The van der Waals surface area contributed by atoms with Gasteiger partial charge in [0.1, 0.15) is 0 Å². The van der Waals surface area contributed by atoms with Gasteiger partial charge in [0.2, 0.25) is 0 Å². The molecule has 86 valence electrons. The van der Waals surface area contributed by atoms with Crippen molar-refractivity contribution >= 4 is 10.9 Å². The number of aryl methyl sites for hydroxylation is 3. The van der Waals surface area contributed by atoms with Gasteiger partial charge in [-0.05, 0) is 50.9 Å². The third kappa shape index (κ3) is 1.74. The van der Waals surface area contributed by atoms with Gasteiger partial charge in [-0.25, -0.2) is 0 Å². The smallest absolute Gasteiger partial charge is 0.0487 e. The standard InChI is InChI=1S/C14H20N2/c1-10-5-6-13-11(2)12(3)16(8-4-7-15)14(13)9-10/h5-6,9H,4,7-8,15H2,1-3H3. The van der Waals surface area contributed by atoms with Crippen LogP contribution in [0.4, 0.5) is 0 Å².